The number of fused-ring (bicyclic) bond motifs is 3. The van der Waals surface area contributed by atoms with Crippen LogP contribution in [-0.2, 0) is 0 Å². The molecule has 214 valence electrons. The van der Waals surface area contributed by atoms with E-state index < -0.39 is 0 Å². The van der Waals surface area contributed by atoms with Crippen LogP contribution in [0.25, 0.3) is 39.0 Å². The molecule has 2 unspecified atom stereocenters. The van der Waals surface area contributed by atoms with Crippen LogP contribution in [-0.4, -0.2) is 9.55 Å². The van der Waals surface area contributed by atoms with Crippen LogP contribution in [0.5, 0.6) is 0 Å². The molecule has 0 spiro atoms. The summed E-state index contributed by atoms with van der Waals surface area (Å²) in [6, 6.07) is 37.5. The number of nitrogens with zero attached hydrogens (tertiary/aromatic N) is 2. The zero-order valence-electron chi connectivity index (χ0n) is 25.6. The van der Waals surface area contributed by atoms with Gasteiger partial charge in [0.2, 0.25) is 0 Å². The van der Waals surface area contributed by atoms with E-state index in [2.05, 4.69) is 159 Å². The van der Waals surface area contributed by atoms with Crippen molar-refractivity contribution in [2.24, 2.45) is 11.3 Å². The Morgan fingerprint density at radius 3 is 2.27 bits per heavy atom. The van der Waals surface area contributed by atoms with Gasteiger partial charge in [-0.05, 0) is 100 Å². The third-order valence-electron chi connectivity index (χ3n) is 9.76. The van der Waals surface area contributed by atoms with Gasteiger partial charge in [-0.25, -0.2) is 4.98 Å². The van der Waals surface area contributed by atoms with E-state index in [4.69, 9.17) is 4.98 Å². The molecular formula is C42H36N2. The predicted molar refractivity (Wildman–Crippen MR) is 184 cm³/mol. The Bertz CT molecular complexity index is 2060. The summed E-state index contributed by atoms with van der Waals surface area (Å²) >= 11 is 0. The number of para-hydroxylation sites is 1. The number of aryl methyl sites for hydroxylation is 1. The number of aromatic nitrogens is 2. The maximum Gasteiger partial charge on any atom is 0.111 e. The molecule has 0 bridgehead atoms. The molecule has 0 saturated heterocycles. The summed E-state index contributed by atoms with van der Waals surface area (Å²) in [7, 11) is 0. The minimum atomic E-state index is -0.0768. The maximum atomic E-state index is 4.85. The van der Waals surface area contributed by atoms with Crippen molar-refractivity contribution < 1.29 is 0 Å². The van der Waals surface area contributed by atoms with Gasteiger partial charge in [-0.2, -0.15) is 0 Å². The molecule has 0 N–H and O–H groups in total. The predicted octanol–water partition coefficient (Wildman–Crippen LogP) is 10.7. The lowest BCUT2D eigenvalue weighted by Crippen LogP contribution is -2.30. The molecular weight excluding hydrogens is 532 g/mol. The highest BCUT2D eigenvalue weighted by Gasteiger charge is 2.43. The lowest BCUT2D eigenvalue weighted by Gasteiger charge is -2.45. The van der Waals surface area contributed by atoms with E-state index in [1.54, 1.807) is 0 Å². The molecule has 0 saturated carbocycles. The fourth-order valence-electron chi connectivity index (χ4n) is 7.68. The van der Waals surface area contributed by atoms with E-state index in [0.29, 0.717) is 5.92 Å². The lowest BCUT2D eigenvalue weighted by atomic mass is 9.58. The Hall–Kier alpha value is -4.95. The Morgan fingerprint density at radius 2 is 1.50 bits per heavy atom. The number of hydrogen-bond acceptors (Lipinski definition) is 1. The highest BCUT2D eigenvalue weighted by atomic mass is 15.1. The first-order valence-electron chi connectivity index (χ1n) is 15.8. The van der Waals surface area contributed by atoms with Gasteiger partial charge in [0.15, 0.2) is 0 Å². The van der Waals surface area contributed by atoms with Crippen LogP contribution in [0.2, 0.25) is 0 Å². The van der Waals surface area contributed by atoms with Gasteiger partial charge >= 0.3 is 0 Å². The Morgan fingerprint density at radius 1 is 0.795 bits per heavy atom. The zero-order chi connectivity index (χ0) is 29.8. The average Bonchev–Trinajstić information content (AvgIpc) is 3.39. The van der Waals surface area contributed by atoms with Gasteiger partial charge in [-0.15, -0.1) is 0 Å². The van der Waals surface area contributed by atoms with Gasteiger partial charge in [0, 0.05) is 11.1 Å². The van der Waals surface area contributed by atoms with Crippen molar-refractivity contribution in [2.45, 2.75) is 33.6 Å². The molecule has 0 fully saturated rings. The molecule has 0 radical (unpaired) electrons. The molecule has 3 aliphatic carbocycles. The van der Waals surface area contributed by atoms with Gasteiger partial charge in [0.05, 0.1) is 11.0 Å². The van der Waals surface area contributed by atoms with E-state index in [9.17, 15) is 0 Å². The summed E-state index contributed by atoms with van der Waals surface area (Å²) in [5, 5.41) is 0. The summed E-state index contributed by atoms with van der Waals surface area (Å²) in [5.74, 6) is 1.52. The lowest BCUT2D eigenvalue weighted by molar-refractivity contribution is 0.541. The molecule has 44 heavy (non-hydrogen) atoms. The fourth-order valence-corrected chi connectivity index (χ4v) is 7.68. The number of rotatable bonds is 4. The van der Waals surface area contributed by atoms with Crippen molar-refractivity contribution in [3.63, 3.8) is 0 Å². The van der Waals surface area contributed by atoms with E-state index in [1.165, 1.54) is 50.1 Å². The Balaban J connectivity index is 1.27. The Kier molecular flexibility index (Phi) is 6.27. The molecule has 2 atom stereocenters. The summed E-state index contributed by atoms with van der Waals surface area (Å²) < 4.78 is 2.25. The second kappa shape index (κ2) is 10.3. The van der Waals surface area contributed by atoms with E-state index in [-0.39, 0.29) is 5.41 Å². The van der Waals surface area contributed by atoms with E-state index >= 15 is 0 Å². The van der Waals surface area contributed by atoms with Crippen molar-refractivity contribution >= 4 is 22.2 Å². The van der Waals surface area contributed by atoms with Crippen molar-refractivity contribution in [1.29, 1.82) is 0 Å². The highest BCUT2D eigenvalue weighted by Crippen LogP contribution is 2.59. The number of allylic oxidation sites excluding steroid dienone is 10. The summed E-state index contributed by atoms with van der Waals surface area (Å²) in [4.78, 5) is 4.85. The number of imidazole rings is 1. The molecule has 1 heterocycles. The highest BCUT2D eigenvalue weighted by molar-refractivity contribution is 5.99. The summed E-state index contributed by atoms with van der Waals surface area (Å²) in [6.45, 7) is 6.88. The monoisotopic (exact) mass is 568 g/mol. The first-order valence-corrected chi connectivity index (χ1v) is 15.8. The maximum absolute atomic E-state index is 4.85. The first-order chi connectivity index (χ1) is 21.5. The molecule has 1 aromatic heterocycles. The van der Waals surface area contributed by atoms with Gasteiger partial charge in [-0.1, -0.05) is 123 Å². The number of hydrogen-bond donors (Lipinski definition) is 0. The molecule has 2 nitrogen and oxygen atoms in total. The molecule has 8 rings (SSSR count). The molecule has 0 amide bonds. The van der Waals surface area contributed by atoms with Crippen LogP contribution in [0.1, 0.15) is 43.6 Å². The molecule has 2 heteroatoms. The third-order valence-corrected chi connectivity index (χ3v) is 9.76. The largest absolute Gasteiger partial charge is 0.297 e. The topological polar surface area (TPSA) is 17.8 Å². The quantitative estimate of drug-likeness (QED) is 0.211. The van der Waals surface area contributed by atoms with Crippen molar-refractivity contribution in [1.82, 2.24) is 9.55 Å². The Labute approximate surface area is 260 Å². The SMILES string of the molecule is Cc1nc2ccc(-c3ccc(C4=C5C=CC(C)CC5=C(c5ccccc5)C5(C)CC=CC=C45)cc3)cc2n1-c1ccccc1. The summed E-state index contributed by atoms with van der Waals surface area (Å²) in [6.07, 6.45) is 13.8. The van der Waals surface area contributed by atoms with Crippen LogP contribution < -0.4 is 0 Å². The second-order valence-electron chi connectivity index (χ2n) is 12.7. The fraction of sp³-hybridized carbons (Fsp3) is 0.167. The van der Waals surface area contributed by atoms with Crippen LogP contribution >= 0.6 is 0 Å². The molecule has 5 aromatic rings. The van der Waals surface area contributed by atoms with Gasteiger partial charge in [0.25, 0.3) is 0 Å². The van der Waals surface area contributed by atoms with Gasteiger partial charge in [-0.3, -0.25) is 4.57 Å². The minimum Gasteiger partial charge on any atom is -0.297 e. The molecule has 3 aliphatic rings. The second-order valence-corrected chi connectivity index (χ2v) is 12.7. The van der Waals surface area contributed by atoms with E-state index in [0.717, 1.165) is 35.4 Å². The van der Waals surface area contributed by atoms with Crippen LogP contribution in [0.4, 0.5) is 0 Å². The zero-order valence-corrected chi connectivity index (χ0v) is 25.6. The minimum absolute atomic E-state index is 0.0768. The molecule has 4 aromatic carbocycles. The normalized spacial score (nSPS) is 21.0. The smallest absolute Gasteiger partial charge is 0.111 e. The third kappa shape index (κ3) is 4.20. The standard InChI is InChI=1S/C42H36N2/c1-28-17-23-35-36(26-28)41(32-12-6-4-7-13-32)42(3)25-11-10-16-37(42)40(35)31-20-18-30(19-21-31)33-22-24-38-39(27-33)44(29(2)43-38)34-14-8-5-9-15-34/h4-24,27-28H,25-26H2,1-3H3. The average molecular weight is 569 g/mol. The van der Waals surface area contributed by atoms with Crippen LogP contribution in [0.3, 0.4) is 0 Å². The summed E-state index contributed by atoms with van der Waals surface area (Å²) in [5.41, 5.74) is 15.5. The van der Waals surface area contributed by atoms with Crippen molar-refractivity contribution in [2.75, 3.05) is 0 Å². The number of benzene rings is 4. The van der Waals surface area contributed by atoms with Crippen LogP contribution in [0.15, 0.2) is 150 Å². The van der Waals surface area contributed by atoms with Crippen molar-refractivity contribution in [3.8, 4) is 16.8 Å². The first kappa shape index (κ1) is 26.7. The van der Waals surface area contributed by atoms with E-state index in [1.807, 2.05) is 0 Å². The van der Waals surface area contributed by atoms with Crippen LogP contribution in [0, 0.1) is 18.3 Å². The van der Waals surface area contributed by atoms with Crippen molar-refractivity contribution in [3.05, 3.63) is 167 Å². The van der Waals surface area contributed by atoms with Gasteiger partial charge < -0.3 is 0 Å². The molecule has 0 aliphatic heterocycles. The van der Waals surface area contributed by atoms with Gasteiger partial charge in [0.1, 0.15) is 5.82 Å².